The van der Waals surface area contributed by atoms with Crippen molar-refractivity contribution in [2.75, 3.05) is 6.26 Å². The number of benzene rings is 1. The lowest BCUT2D eigenvalue weighted by Gasteiger charge is -2.10. The maximum absolute atomic E-state index is 5.83. The molecular weight excluding hydrogens is 248 g/mol. The number of nitrogens with zero attached hydrogens (tertiary/aromatic N) is 1. The van der Waals surface area contributed by atoms with Crippen molar-refractivity contribution in [1.29, 1.82) is 0 Å². The molecule has 88 valence electrons. The van der Waals surface area contributed by atoms with E-state index in [9.17, 15) is 0 Å². The van der Waals surface area contributed by atoms with Crippen LogP contribution in [0.3, 0.4) is 0 Å². The maximum atomic E-state index is 5.83. The lowest BCUT2D eigenvalue weighted by atomic mass is 10.2. The molecule has 1 aromatic carbocycles. The first kappa shape index (κ1) is 12.5. The van der Waals surface area contributed by atoms with Crippen LogP contribution in [0.15, 0.2) is 57.4 Å². The van der Waals surface area contributed by atoms with E-state index in [4.69, 9.17) is 5.73 Å². The number of thioether (sulfide) groups is 1. The SMILES string of the molecule is CSc1cccc(Sc2ccccn2)c1CN. The van der Waals surface area contributed by atoms with Gasteiger partial charge in [-0.3, -0.25) is 0 Å². The van der Waals surface area contributed by atoms with E-state index in [1.807, 2.05) is 24.4 Å². The van der Waals surface area contributed by atoms with E-state index in [1.165, 1.54) is 15.4 Å². The molecule has 2 rings (SSSR count). The molecule has 0 aliphatic rings. The largest absolute Gasteiger partial charge is 0.326 e. The summed E-state index contributed by atoms with van der Waals surface area (Å²) < 4.78 is 0. The van der Waals surface area contributed by atoms with Crippen molar-refractivity contribution < 1.29 is 0 Å². The van der Waals surface area contributed by atoms with Gasteiger partial charge in [-0.05, 0) is 36.1 Å². The fraction of sp³-hybridized carbons (Fsp3) is 0.154. The normalized spacial score (nSPS) is 10.5. The summed E-state index contributed by atoms with van der Waals surface area (Å²) in [6.07, 6.45) is 3.88. The molecule has 0 aliphatic heterocycles. The third-order valence-electron chi connectivity index (χ3n) is 2.37. The minimum Gasteiger partial charge on any atom is -0.326 e. The summed E-state index contributed by atoms with van der Waals surface area (Å²) in [5, 5.41) is 1.00. The molecule has 2 nitrogen and oxygen atoms in total. The Morgan fingerprint density at radius 1 is 1.12 bits per heavy atom. The fourth-order valence-electron chi connectivity index (χ4n) is 1.55. The molecule has 4 heteroatoms. The summed E-state index contributed by atoms with van der Waals surface area (Å²) in [5.41, 5.74) is 7.04. The van der Waals surface area contributed by atoms with Crippen molar-refractivity contribution in [3.05, 3.63) is 48.2 Å². The van der Waals surface area contributed by atoms with E-state index in [-0.39, 0.29) is 0 Å². The van der Waals surface area contributed by atoms with Crippen LogP contribution < -0.4 is 5.73 Å². The van der Waals surface area contributed by atoms with Gasteiger partial charge in [0.1, 0.15) is 5.03 Å². The molecule has 0 radical (unpaired) electrons. The molecule has 2 N–H and O–H groups in total. The number of aromatic nitrogens is 1. The standard InChI is InChI=1S/C13H14N2S2/c1-16-11-5-4-6-12(10(11)9-14)17-13-7-2-3-8-15-13/h2-8H,9,14H2,1H3. The highest BCUT2D eigenvalue weighted by Crippen LogP contribution is 2.33. The highest BCUT2D eigenvalue weighted by Gasteiger charge is 2.07. The molecule has 0 bridgehead atoms. The summed E-state index contributed by atoms with van der Waals surface area (Å²) >= 11 is 3.39. The molecular formula is C13H14N2S2. The molecule has 0 saturated heterocycles. The van der Waals surface area contributed by atoms with Crippen molar-refractivity contribution in [1.82, 2.24) is 4.98 Å². The number of hydrogen-bond donors (Lipinski definition) is 1. The number of nitrogens with two attached hydrogens (primary N) is 1. The van der Waals surface area contributed by atoms with Gasteiger partial charge < -0.3 is 5.73 Å². The van der Waals surface area contributed by atoms with Crippen molar-refractivity contribution >= 4 is 23.5 Å². The smallest absolute Gasteiger partial charge is 0.101 e. The van der Waals surface area contributed by atoms with Crippen LogP contribution in [0.5, 0.6) is 0 Å². The maximum Gasteiger partial charge on any atom is 0.101 e. The van der Waals surface area contributed by atoms with Gasteiger partial charge in [-0.25, -0.2) is 4.98 Å². The van der Waals surface area contributed by atoms with Crippen molar-refractivity contribution in [2.45, 2.75) is 21.4 Å². The molecule has 0 amide bonds. The van der Waals surface area contributed by atoms with Gasteiger partial charge in [0, 0.05) is 22.5 Å². The summed E-state index contributed by atoms with van der Waals surface area (Å²) in [6, 6.07) is 12.2. The monoisotopic (exact) mass is 262 g/mol. The predicted octanol–water partition coefficient (Wildman–Crippen LogP) is 3.41. The number of hydrogen-bond acceptors (Lipinski definition) is 4. The molecule has 1 heterocycles. The van der Waals surface area contributed by atoms with Crippen molar-refractivity contribution in [3.8, 4) is 0 Å². The fourth-order valence-corrected chi connectivity index (χ4v) is 3.22. The van der Waals surface area contributed by atoms with Crippen LogP contribution in [0.1, 0.15) is 5.56 Å². The quantitative estimate of drug-likeness (QED) is 0.857. The molecule has 0 unspecified atom stereocenters. The van der Waals surface area contributed by atoms with Crippen molar-refractivity contribution in [2.24, 2.45) is 5.73 Å². The topological polar surface area (TPSA) is 38.9 Å². The zero-order chi connectivity index (χ0) is 12.1. The summed E-state index contributed by atoms with van der Waals surface area (Å²) in [7, 11) is 0. The Kier molecular flexibility index (Phi) is 4.48. The van der Waals surface area contributed by atoms with Gasteiger partial charge in [-0.1, -0.05) is 23.9 Å². The molecule has 0 spiro atoms. The van der Waals surface area contributed by atoms with Crippen LogP contribution in [-0.2, 0) is 6.54 Å². The van der Waals surface area contributed by atoms with Crippen LogP contribution in [0.4, 0.5) is 0 Å². The first-order chi connectivity index (χ1) is 8.35. The van der Waals surface area contributed by atoms with Crippen LogP contribution in [0, 0.1) is 0 Å². The zero-order valence-electron chi connectivity index (χ0n) is 9.59. The van der Waals surface area contributed by atoms with E-state index in [1.54, 1.807) is 23.5 Å². The Hall–Kier alpha value is -0.970. The molecule has 0 fully saturated rings. The number of pyridine rings is 1. The van der Waals surface area contributed by atoms with Gasteiger partial charge in [0.2, 0.25) is 0 Å². The third-order valence-corrected chi connectivity index (χ3v) is 4.24. The number of rotatable bonds is 4. The Morgan fingerprint density at radius 3 is 2.59 bits per heavy atom. The van der Waals surface area contributed by atoms with E-state index in [0.29, 0.717) is 6.54 Å². The van der Waals surface area contributed by atoms with E-state index < -0.39 is 0 Å². The molecule has 1 aromatic heterocycles. The Balaban J connectivity index is 2.33. The molecule has 0 aliphatic carbocycles. The van der Waals surface area contributed by atoms with Crippen molar-refractivity contribution in [3.63, 3.8) is 0 Å². The predicted molar refractivity (Wildman–Crippen MR) is 74.5 cm³/mol. The average molecular weight is 262 g/mol. The third kappa shape index (κ3) is 3.03. The Bertz CT molecular complexity index is 486. The zero-order valence-corrected chi connectivity index (χ0v) is 11.2. The van der Waals surface area contributed by atoms with Crippen LogP contribution in [0.2, 0.25) is 0 Å². The van der Waals surface area contributed by atoms with E-state index in [0.717, 1.165) is 5.03 Å². The van der Waals surface area contributed by atoms with Crippen LogP contribution in [-0.4, -0.2) is 11.2 Å². The summed E-state index contributed by atoms with van der Waals surface area (Å²) in [6.45, 7) is 0.562. The second kappa shape index (κ2) is 6.10. The van der Waals surface area contributed by atoms with Gasteiger partial charge in [0.05, 0.1) is 0 Å². The van der Waals surface area contributed by atoms with Crippen LogP contribution in [0.25, 0.3) is 0 Å². The summed E-state index contributed by atoms with van der Waals surface area (Å²) in [4.78, 5) is 6.76. The molecule has 0 atom stereocenters. The van der Waals surface area contributed by atoms with E-state index >= 15 is 0 Å². The first-order valence-corrected chi connectivity index (χ1v) is 7.34. The van der Waals surface area contributed by atoms with Gasteiger partial charge in [-0.2, -0.15) is 0 Å². The first-order valence-electron chi connectivity index (χ1n) is 5.30. The molecule has 2 aromatic rings. The lowest BCUT2D eigenvalue weighted by molar-refractivity contribution is 0.978. The van der Waals surface area contributed by atoms with Gasteiger partial charge in [0.25, 0.3) is 0 Å². The Labute approximate surface area is 110 Å². The summed E-state index contributed by atoms with van der Waals surface area (Å²) in [5.74, 6) is 0. The van der Waals surface area contributed by atoms with Gasteiger partial charge in [0.15, 0.2) is 0 Å². The molecule has 17 heavy (non-hydrogen) atoms. The van der Waals surface area contributed by atoms with Gasteiger partial charge in [-0.15, -0.1) is 11.8 Å². The van der Waals surface area contributed by atoms with Crippen LogP contribution >= 0.6 is 23.5 Å². The average Bonchev–Trinajstić information content (AvgIpc) is 2.39. The lowest BCUT2D eigenvalue weighted by Crippen LogP contribution is -2.00. The second-order valence-electron chi connectivity index (χ2n) is 3.41. The Morgan fingerprint density at radius 2 is 1.94 bits per heavy atom. The minimum absolute atomic E-state index is 0.562. The van der Waals surface area contributed by atoms with E-state index in [2.05, 4.69) is 29.4 Å². The molecule has 0 saturated carbocycles. The minimum atomic E-state index is 0.562. The highest BCUT2D eigenvalue weighted by molar-refractivity contribution is 7.99. The highest BCUT2D eigenvalue weighted by atomic mass is 32.2. The second-order valence-corrected chi connectivity index (χ2v) is 5.32. The van der Waals surface area contributed by atoms with Gasteiger partial charge >= 0.3 is 0 Å².